The third-order valence-corrected chi connectivity index (χ3v) is 4.01. The summed E-state index contributed by atoms with van der Waals surface area (Å²) in [6.07, 6.45) is 0.455. The highest BCUT2D eigenvalue weighted by Crippen LogP contribution is 2.30. The summed E-state index contributed by atoms with van der Waals surface area (Å²) in [4.78, 5) is 11.8. The van der Waals surface area contributed by atoms with Gasteiger partial charge in [0.25, 0.3) is 0 Å². The van der Waals surface area contributed by atoms with Crippen LogP contribution < -0.4 is 0 Å². The molecule has 2 nitrogen and oxygen atoms in total. The van der Waals surface area contributed by atoms with Crippen LogP contribution in [-0.2, 0) is 16.6 Å². The van der Waals surface area contributed by atoms with E-state index in [1.807, 2.05) is 31.2 Å². The average molecular weight is 289 g/mol. The molecule has 1 unspecified atom stereocenters. The molecule has 0 amide bonds. The monoisotopic (exact) mass is 288 g/mol. The molecule has 20 heavy (non-hydrogen) atoms. The molecule has 0 aliphatic rings. The predicted octanol–water partition coefficient (Wildman–Crippen LogP) is 4.23. The van der Waals surface area contributed by atoms with E-state index in [4.69, 9.17) is 11.6 Å². The smallest absolute Gasteiger partial charge is 0.314 e. The van der Waals surface area contributed by atoms with Crippen LogP contribution in [0.4, 0.5) is 0 Å². The molecular formula is C17H17ClO2. The first kappa shape index (κ1) is 14.6. The van der Waals surface area contributed by atoms with Crippen LogP contribution in [0.15, 0.2) is 48.5 Å². The second-order valence-corrected chi connectivity index (χ2v) is 5.68. The Balaban J connectivity index is 2.43. The van der Waals surface area contributed by atoms with Crippen molar-refractivity contribution in [2.24, 2.45) is 0 Å². The Bertz CT molecular complexity index is 619. The van der Waals surface area contributed by atoms with Gasteiger partial charge in [-0.05, 0) is 49.1 Å². The van der Waals surface area contributed by atoms with Gasteiger partial charge in [0, 0.05) is 5.02 Å². The van der Waals surface area contributed by atoms with Gasteiger partial charge in [-0.25, -0.2) is 0 Å². The minimum atomic E-state index is -0.962. The van der Waals surface area contributed by atoms with Crippen LogP contribution in [0.2, 0.25) is 5.02 Å². The number of hydrogen-bond donors (Lipinski definition) is 1. The lowest BCUT2D eigenvalue weighted by Crippen LogP contribution is -2.35. The van der Waals surface area contributed by atoms with E-state index in [2.05, 4.69) is 0 Å². The summed E-state index contributed by atoms with van der Waals surface area (Å²) in [5.41, 5.74) is 1.95. The number of benzene rings is 2. The van der Waals surface area contributed by atoms with Crippen molar-refractivity contribution in [3.8, 4) is 0 Å². The molecule has 0 radical (unpaired) electrons. The van der Waals surface area contributed by atoms with Crippen LogP contribution in [0.1, 0.15) is 23.6 Å². The fraction of sp³-hybridized carbons (Fsp3) is 0.235. The van der Waals surface area contributed by atoms with E-state index in [-0.39, 0.29) is 0 Å². The lowest BCUT2D eigenvalue weighted by molar-refractivity contribution is -0.143. The van der Waals surface area contributed by atoms with Crippen molar-refractivity contribution in [1.29, 1.82) is 0 Å². The van der Waals surface area contributed by atoms with Gasteiger partial charge in [-0.1, -0.05) is 48.0 Å². The summed E-state index contributed by atoms with van der Waals surface area (Å²) in [7, 11) is 0. The van der Waals surface area contributed by atoms with E-state index in [0.717, 1.165) is 16.7 Å². The number of halogens is 1. The number of rotatable bonds is 4. The van der Waals surface area contributed by atoms with E-state index >= 15 is 0 Å². The van der Waals surface area contributed by atoms with E-state index in [1.54, 1.807) is 31.2 Å². The highest BCUT2D eigenvalue weighted by molar-refractivity contribution is 6.30. The largest absolute Gasteiger partial charge is 0.481 e. The molecule has 0 saturated carbocycles. The summed E-state index contributed by atoms with van der Waals surface area (Å²) in [6.45, 7) is 3.75. The van der Waals surface area contributed by atoms with Gasteiger partial charge in [0.1, 0.15) is 0 Å². The number of carboxylic acids is 1. The van der Waals surface area contributed by atoms with Crippen molar-refractivity contribution >= 4 is 17.6 Å². The normalized spacial score (nSPS) is 13.8. The van der Waals surface area contributed by atoms with Crippen molar-refractivity contribution in [1.82, 2.24) is 0 Å². The van der Waals surface area contributed by atoms with Crippen LogP contribution in [0.25, 0.3) is 0 Å². The van der Waals surface area contributed by atoms with E-state index in [9.17, 15) is 9.90 Å². The minimum absolute atomic E-state index is 0.455. The fourth-order valence-corrected chi connectivity index (χ4v) is 2.43. The lowest BCUT2D eigenvalue weighted by atomic mass is 9.76. The molecule has 0 aromatic heterocycles. The third-order valence-electron chi connectivity index (χ3n) is 3.76. The predicted molar refractivity (Wildman–Crippen MR) is 81.3 cm³/mol. The van der Waals surface area contributed by atoms with Crippen LogP contribution in [-0.4, -0.2) is 11.1 Å². The zero-order valence-corrected chi connectivity index (χ0v) is 12.3. The van der Waals surface area contributed by atoms with Gasteiger partial charge >= 0.3 is 5.97 Å². The average Bonchev–Trinajstić information content (AvgIpc) is 2.42. The molecule has 0 fully saturated rings. The maximum absolute atomic E-state index is 11.8. The Morgan fingerprint density at radius 1 is 1.15 bits per heavy atom. The van der Waals surface area contributed by atoms with Gasteiger partial charge in [0.05, 0.1) is 5.41 Å². The van der Waals surface area contributed by atoms with Crippen molar-refractivity contribution in [2.45, 2.75) is 25.7 Å². The SMILES string of the molecule is Cc1ccccc1CC(C)(C(=O)O)c1ccc(Cl)cc1. The molecule has 3 heteroatoms. The molecule has 0 aliphatic heterocycles. The molecule has 2 aromatic carbocycles. The maximum atomic E-state index is 11.8. The molecule has 0 bridgehead atoms. The highest BCUT2D eigenvalue weighted by Gasteiger charge is 2.35. The Morgan fingerprint density at radius 2 is 1.75 bits per heavy atom. The summed E-state index contributed by atoms with van der Waals surface area (Å²) in [6, 6.07) is 14.9. The minimum Gasteiger partial charge on any atom is -0.481 e. The van der Waals surface area contributed by atoms with Gasteiger partial charge in [-0.2, -0.15) is 0 Å². The fourth-order valence-electron chi connectivity index (χ4n) is 2.31. The quantitative estimate of drug-likeness (QED) is 0.914. The molecule has 0 saturated heterocycles. The van der Waals surface area contributed by atoms with Crippen LogP contribution in [0, 0.1) is 6.92 Å². The van der Waals surface area contributed by atoms with E-state index < -0.39 is 11.4 Å². The highest BCUT2D eigenvalue weighted by atomic mass is 35.5. The second-order valence-electron chi connectivity index (χ2n) is 5.25. The second kappa shape index (κ2) is 5.68. The molecule has 0 spiro atoms. The topological polar surface area (TPSA) is 37.3 Å². The molecule has 2 aromatic rings. The standard InChI is InChI=1S/C17H17ClO2/c1-12-5-3-4-6-13(12)11-17(2,16(19)20)14-7-9-15(18)10-8-14/h3-10H,11H2,1-2H3,(H,19,20). The number of carbonyl (C=O) groups is 1. The van der Waals surface area contributed by atoms with Crippen molar-refractivity contribution in [3.63, 3.8) is 0 Å². The van der Waals surface area contributed by atoms with Crippen LogP contribution in [0.3, 0.4) is 0 Å². The Hall–Kier alpha value is -1.80. The maximum Gasteiger partial charge on any atom is 0.314 e. The van der Waals surface area contributed by atoms with E-state index in [0.29, 0.717) is 11.4 Å². The first-order chi connectivity index (χ1) is 9.43. The molecule has 0 heterocycles. The van der Waals surface area contributed by atoms with Gasteiger partial charge in [-0.3, -0.25) is 4.79 Å². The van der Waals surface area contributed by atoms with Gasteiger partial charge in [-0.15, -0.1) is 0 Å². The molecule has 2 rings (SSSR count). The van der Waals surface area contributed by atoms with E-state index in [1.165, 1.54) is 0 Å². The van der Waals surface area contributed by atoms with Gasteiger partial charge in [0.15, 0.2) is 0 Å². The van der Waals surface area contributed by atoms with Gasteiger partial charge in [0.2, 0.25) is 0 Å². The number of hydrogen-bond acceptors (Lipinski definition) is 1. The van der Waals surface area contributed by atoms with Crippen molar-refractivity contribution < 1.29 is 9.90 Å². The van der Waals surface area contributed by atoms with Crippen molar-refractivity contribution in [2.75, 3.05) is 0 Å². The van der Waals surface area contributed by atoms with Crippen LogP contribution >= 0.6 is 11.6 Å². The third kappa shape index (κ3) is 2.86. The molecule has 0 aliphatic carbocycles. The summed E-state index contributed by atoms with van der Waals surface area (Å²) >= 11 is 5.88. The van der Waals surface area contributed by atoms with Crippen LogP contribution in [0.5, 0.6) is 0 Å². The first-order valence-electron chi connectivity index (χ1n) is 6.47. The summed E-state index contributed by atoms with van der Waals surface area (Å²) in [5.74, 6) is -0.830. The molecule has 1 atom stereocenters. The number of aliphatic carboxylic acids is 1. The Kier molecular flexibility index (Phi) is 4.15. The Morgan fingerprint density at radius 3 is 2.30 bits per heavy atom. The first-order valence-corrected chi connectivity index (χ1v) is 6.85. The number of aryl methyl sites for hydroxylation is 1. The molecular weight excluding hydrogens is 272 g/mol. The lowest BCUT2D eigenvalue weighted by Gasteiger charge is -2.26. The Labute approximate surface area is 124 Å². The molecule has 104 valence electrons. The zero-order valence-electron chi connectivity index (χ0n) is 11.6. The van der Waals surface area contributed by atoms with Crippen molar-refractivity contribution in [3.05, 3.63) is 70.2 Å². The summed E-state index contributed by atoms with van der Waals surface area (Å²) in [5, 5.41) is 10.3. The number of carboxylic acid groups (broad SMARTS) is 1. The summed E-state index contributed by atoms with van der Waals surface area (Å²) < 4.78 is 0. The zero-order chi connectivity index (χ0) is 14.8. The molecule has 1 N–H and O–H groups in total. The van der Waals surface area contributed by atoms with Gasteiger partial charge < -0.3 is 5.11 Å².